The third kappa shape index (κ3) is 6.21. The molecular weight excluding hydrogens is 244 g/mol. The number of halogens is 1. The van der Waals surface area contributed by atoms with Crippen LogP contribution in [0.15, 0.2) is 24.3 Å². The number of benzene rings is 1. The van der Waals surface area contributed by atoms with Crippen molar-refractivity contribution < 1.29 is 9.66 Å². The molecule has 0 radical (unpaired) electrons. The summed E-state index contributed by atoms with van der Waals surface area (Å²) in [5.41, 5.74) is 1.06. The molecule has 1 N–H and O–H groups in total. The predicted molar refractivity (Wildman–Crippen MR) is 68.5 cm³/mol. The van der Waals surface area contributed by atoms with Gasteiger partial charge >= 0.3 is 0 Å². The van der Waals surface area contributed by atoms with E-state index >= 15 is 0 Å². The molecule has 0 saturated heterocycles. The molecule has 0 amide bonds. The molecule has 0 aliphatic rings. The van der Waals surface area contributed by atoms with E-state index in [1.807, 2.05) is 6.07 Å². The summed E-state index contributed by atoms with van der Waals surface area (Å²) in [5, 5.41) is 13.7. The molecule has 0 bridgehead atoms. The Kier molecular flexibility index (Phi) is 8.31. The summed E-state index contributed by atoms with van der Waals surface area (Å²) in [6.45, 7) is 2.21. The van der Waals surface area contributed by atoms with Gasteiger partial charge in [0.05, 0.1) is 4.92 Å². The molecule has 17 heavy (non-hydrogen) atoms. The number of nitrogens with zero attached hydrogens (tertiary/aromatic N) is 1. The Morgan fingerprint density at radius 3 is 2.88 bits per heavy atom. The lowest BCUT2D eigenvalue weighted by Crippen LogP contribution is -2.16. The number of rotatable bonds is 7. The predicted octanol–water partition coefficient (Wildman–Crippen LogP) is 2.14. The number of ether oxygens (including phenoxy) is 1. The van der Waals surface area contributed by atoms with Crippen molar-refractivity contribution in [3.8, 4) is 0 Å². The van der Waals surface area contributed by atoms with Crippen LogP contribution in [-0.2, 0) is 11.3 Å². The van der Waals surface area contributed by atoms with Crippen LogP contribution in [0.2, 0.25) is 0 Å². The van der Waals surface area contributed by atoms with Crippen molar-refractivity contribution in [2.75, 3.05) is 20.3 Å². The molecule has 0 aliphatic heterocycles. The monoisotopic (exact) mass is 260 g/mol. The van der Waals surface area contributed by atoms with Gasteiger partial charge in [0.15, 0.2) is 0 Å². The van der Waals surface area contributed by atoms with E-state index in [4.69, 9.17) is 4.74 Å². The maximum Gasteiger partial charge on any atom is 0.269 e. The minimum atomic E-state index is -0.381. The number of hydrogen-bond donors (Lipinski definition) is 1. The van der Waals surface area contributed by atoms with E-state index < -0.39 is 0 Å². The van der Waals surface area contributed by atoms with Crippen LogP contribution < -0.4 is 5.32 Å². The Labute approximate surface area is 107 Å². The van der Waals surface area contributed by atoms with Crippen molar-refractivity contribution in [3.63, 3.8) is 0 Å². The number of nitrogens with one attached hydrogen (secondary N) is 1. The summed E-state index contributed by atoms with van der Waals surface area (Å²) in [4.78, 5) is 10.2. The van der Waals surface area contributed by atoms with Crippen LogP contribution in [0.25, 0.3) is 0 Å². The van der Waals surface area contributed by atoms with Crippen LogP contribution in [0.1, 0.15) is 12.0 Å². The Morgan fingerprint density at radius 2 is 2.24 bits per heavy atom. The molecule has 1 aromatic carbocycles. The molecule has 5 nitrogen and oxygen atoms in total. The standard InChI is InChI=1S/C11H16N2O3.ClH/c1-16-7-3-6-12-9-10-4-2-5-11(8-10)13(14)15;/h2,4-5,8,12H,3,6-7,9H2,1H3;1H. The van der Waals surface area contributed by atoms with E-state index in [2.05, 4.69) is 5.32 Å². The maximum atomic E-state index is 10.5. The molecular formula is C11H17ClN2O3. The van der Waals surface area contributed by atoms with Crippen LogP contribution >= 0.6 is 12.4 Å². The van der Waals surface area contributed by atoms with Gasteiger partial charge in [-0.1, -0.05) is 12.1 Å². The molecule has 0 aliphatic carbocycles. The van der Waals surface area contributed by atoms with Crippen molar-refractivity contribution in [1.82, 2.24) is 5.32 Å². The highest BCUT2D eigenvalue weighted by Gasteiger charge is 2.04. The largest absolute Gasteiger partial charge is 0.385 e. The van der Waals surface area contributed by atoms with Gasteiger partial charge in [-0.25, -0.2) is 0 Å². The molecule has 96 valence electrons. The molecule has 0 unspecified atom stereocenters. The summed E-state index contributed by atoms with van der Waals surface area (Å²) in [5.74, 6) is 0. The van der Waals surface area contributed by atoms with Gasteiger partial charge < -0.3 is 10.1 Å². The van der Waals surface area contributed by atoms with Gasteiger partial charge in [-0.05, 0) is 18.5 Å². The normalized spacial score (nSPS) is 9.71. The lowest BCUT2D eigenvalue weighted by atomic mass is 10.2. The van der Waals surface area contributed by atoms with E-state index in [1.165, 1.54) is 6.07 Å². The molecule has 0 aromatic heterocycles. The van der Waals surface area contributed by atoms with Gasteiger partial charge in [-0.15, -0.1) is 12.4 Å². The number of nitro groups is 1. The van der Waals surface area contributed by atoms with Crippen molar-refractivity contribution in [2.45, 2.75) is 13.0 Å². The van der Waals surface area contributed by atoms with E-state index in [-0.39, 0.29) is 23.0 Å². The number of nitro benzene ring substituents is 1. The van der Waals surface area contributed by atoms with E-state index in [0.29, 0.717) is 6.54 Å². The highest BCUT2D eigenvalue weighted by Crippen LogP contribution is 2.12. The second-order valence-corrected chi connectivity index (χ2v) is 3.45. The van der Waals surface area contributed by atoms with Crippen molar-refractivity contribution in [1.29, 1.82) is 0 Å². The molecule has 1 aromatic rings. The topological polar surface area (TPSA) is 64.4 Å². The number of methoxy groups -OCH3 is 1. The first-order chi connectivity index (χ1) is 7.74. The van der Waals surface area contributed by atoms with Crippen LogP contribution in [0.3, 0.4) is 0 Å². The first-order valence-electron chi connectivity index (χ1n) is 5.17. The molecule has 6 heteroatoms. The minimum absolute atomic E-state index is 0. The van der Waals surface area contributed by atoms with Gasteiger partial charge in [0.25, 0.3) is 5.69 Å². The summed E-state index contributed by atoms with van der Waals surface area (Å²) in [7, 11) is 1.67. The average molecular weight is 261 g/mol. The summed E-state index contributed by atoms with van der Waals surface area (Å²) in [6, 6.07) is 6.65. The van der Waals surface area contributed by atoms with Gasteiger partial charge in [-0.2, -0.15) is 0 Å². The zero-order valence-electron chi connectivity index (χ0n) is 9.72. The number of non-ortho nitro benzene ring substituents is 1. The van der Waals surface area contributed by atoms with Gasteiger partial charge in [0, 0.05) is 32.4 Å². The zero-order chi connectivity index (χ0) is 11.8. The molecule has 1 rings (SSSR count). The minimum Gasteiger partial charge on any atom is -0.385 e. The van der Waals surface area contributed by atoms with E-state index in [1.54, 1.807) is 19.2 Å². The molecule has 0 fully saturated rings. The van der Waals surface area contributed by atoms with Crippen molar-refractivity contribution in [3.05, 3.63) is 39.9 Å². The molecule has 0 atom stereocenters. The van der Waals surface area contributed by atoms with Crippen LogP contribution in [0, 0.1) is 10.1 Å². The lowest BCUT2D eigenvalue weighted by Gasteiger charge is -2.04. The van der Waals surface area contributed by atoms with Crippen molar-refractivity contribution >= 4 is 18.1 Å². The summed E-state index contributed by atoms with van der Waals surface area (Å²) >= 11 is 0. The summed E-state index contributed by atoms with van der Waals surface area (Å²) in [6.07, 6.45) is 0.936. The molecule has 0 spiro atoms. The highest BCUT2D eigenvalue weighted by atomic mass is 35.5. The van der Waals surface area contributed by atoms with Gasteiger partial charge in [-0.3, -0.25) is 10.1 Å². The third-order valence-electron chi connectivity index (χ3n) is 2.15. The number of hydrogen-bond acceptors (Lipinski definition) is 4. The second-order valence-electron chi connectivity index (χ2n) is 3.45. The fourth-order valence-electron chi connectivity index (χ4n) is 1.35. The fraction of sp³-hybridized carbons (Fsp3) is 0.455. The first-order valence-corrected chi connectivity index (χ1v) is 5.17. The lowest BCUT2D eigenvalue weighted by molar-refractivity contribution is -0.384. The van der Waals surface area contributed by atoms with Crippen LogP contribution in [-0.4, -0.2) is 25.2 Å². The van der Waals surface area contributed by atoms with Crippen LogP contribution in [0.4, 0.5) is 5.69 Å². The quantitative estimate of drug-likeness (QED) is 0.463. The molecule has 0 heterocycles. The van der Waals surface area contributed by atoms with E-state index in [9.17, 15) is 10.1 Å². The maximum absolute atomic E-state index is 10.5. The third-order valence-corrected chi connectivity index (χ3v) is 2.15. The Hall–Kier alpha value is -1.17. The van der Waals surface area contributed by atoms with Gasteiger partial charge in [0.2, 0.25) is 0 Å². The Balaban J connectivity index is 0.00000256. The second kappa shape index (κ2) is 8.92. The van der Waals surface area contributed by atoms with Crippen molar-refractivity contribution in [2.24, 2.45) is 0 Å². The smallest absolute Gasteiger partial charge is 0.269 e. The first kappa shape index (κ1) is 15.8. The SMILES string of the molecule is COCCCNCc1cccc([N+](=O)[O-])c1.Cl. The fourth-order valence-corrected chi connectivity index (χ4v) is 1.35. The Bertz CT molecular complexity index is 347. The average Bonchev–Trinajstić information content (AvgIpc) is 2.29. The molecule has 0 saturated carbocycles. The zero-order valence-corrected chi connectivity index (χ0v) is 10.5. The highest BCUT2D eigenvalue weighted by molar-refractivity contribution is 5.85. The summed E-state index contributed by atoms with van der Waals surface area (Å²) < 4.78 is 4.92. The van der Waals surface area contributed by atoms with Crippen LogP contribution in [0.5, 0.6) is 0 Å². The van der Waals surface area contributed by atoms with Gasteiger partial charge in [0.1, 0.15) is 0 Å². The van der Waals surface area contributed by atoms with E-state index in [0.717, 1.165) is 25.1 Å². The Morgan fingerprint density at radius 1 is 1.47 bits per heavy atom.